The van der Waals surface area contributed by atoms with E-state index in [1.54, 1.807) is 0 Å². The highest BCUT2D eigenvalue weighted by Gasteiger charge is 2.17. The second-order valence-electron chi connectivity index (χ2n) is 15.3. The highest BCUT2D eigenvalue weighted by molar-refractivity contribution is 5.70. The minimum absolute atomic E-state index is 0.0754. The Morgan fingerprint density at radius 1 is 0.426 bits per heavy atom. The van der Waals surface area contributed by atoms with E-state index >= 15 is 0 Å². The maximum absolute atomic E-state index is 12.6. The highest BCUT2D eigenvalue weighted by Crippen LogP contribution is 2.13. The fraction of sp³-hybridized carbons (Fsp3) is 0.796. The summed E-state index contributed by atoms with van der Waals surface area (Å²) in [6.07, 6.45) is 54.1. The molecule has 0 N–H and O–H groups in total. The molecule has 0 saturated heterocycles. The fourth-order valence-electron chi connectivity index (χ4n) is 6.40. The van der Waals surface area contributed by atoms with E-state index in [0.29, 0.717) is 19.4 Å². The van der Waals surface area contributed by atoms with Crippen LogP contribution < -0.4 is 0 Å². The molecule has 0 radical (unpaired) electrons. The third kappa shape index (κ3) is 42.6. The SMILES string of the molecule is CC/C=C\C/C=C\C/C=C\CCCCCCCC(=O)OCC(COCCCCCCCC/C=C\CCCCCCCC)OC(=O)CCCCCCCCC. The number of hydrogen-bond donors (Lipinski definition) is 0. The van der Waals surface area contributed by atoms with Crippen LogP contribution in [0.1, 0.15) is 226 Å². The van der Waals surface area contributed by atoms with Crippen LogP contribution in [0.25, 0.3) is 0 Å². The number of carbonyl (C=O) groups is 2. The predicted octanol–water partition coefficient (Wildman–Crippen LogP) is 15.2. The third-order valence-corrected chi connectivity index (χ3v) is 9.85. The lowest BCUT2D eigenvalue weighted by Gasteiger charge is -2.18. The van der Waals surface area contributed by atoms with Crippen molar-refractivity contribution in [2.75, 3.05) is 19.8 Å². The summed E-state index contributed by atoms with van der Waals surface area (Å²) in [5, 5.41) is 0. The minimum Gasteiger partial charge on any atom is -0.462 e. The van der Waals surface area contributed by atoms with Gasteiger partial charge in [0.1, 0.15) is 6.61 Å². The standard InChI is InChI=1S/C49H88O5/c1-4-7-10-13-16-18-20-22-24-26-28-30-32-35-38-41-44-52-45-47(54-49(51)43-40-37-33-15-12-9-6-3)46-53-48(50)42-39-36-34-31-29-27-25-23-21-19-17-14-11-8-5-2/h8,11,17,19,22-25,47H,4-7,9-10,12-16,18,20-21,26-46H2,1-3H3/b11-8-,19-17-,24-22-,25-23-. The quantitative estimate of drug-likeness (QED) is 0.0353. The van der Waals surface area contributed by atoms with Gasteiger partial charge in [0, 0.05) is 19.4 Å². The molecule has 0 saturated carbocycles. The van der Waals surface area contributed by atoms with Crippen molar-refractivity contribution in [2.24, 2.45) is 0 Å². The molecule has 0 bridgehead atoms. The van der Waals surface area contributed by atoms with Crippen molar-refractivity contribution in [1.82, 2.24) is 0 Å². The first-order chi connectivity index (χ1) is 26.6. The minimum atomic E-state index is -0.540. The summed E-state index contributed by atoms with van der Waals surface area (Å²) in [7, 11) is 0. The lowest BCUT2D eigenvalue weighted by molar-refractivity contribution is -0.163. The Balaban J connectivity index is 4.17. The van der Waals surface area contributed by atoms with Gasteiger partial charge in [0.2, 0.25) is 0 Å². The average Bonchev–Trinajstić information content (AvgIpc) is 3.17. The van der Waals surface area contributed by atoms with Gasteiger partial charge in [-0.3, -0.25) is 9.59 Å². The largest absolute Gasteiger partial charge is 0.462 e. The molecule has 1 atom stereocenters. The lowest BCUT2D eigenvalue weighted by atomic mass is 10.1. The third-order valence-electron chi connectivity index (χ3n) is 9.85. The van der Waals surface area contributed by atoms with E-state index in [4.69, 9.17) is 14.2 Å². The molecule has 54 heavy (non-hydrogen) atoms. The van der Waals surface area contributed by atoms with Gasteiger partial charge >= 0.3 is 11.9 Å². The van der Waals surface area contributed by atoms with Crippen LogP contribution in [0.5, 0.6) is 0 Å². The normalized spacial score (nSPS) is 12.6. The zero-order valence-electron chi connectivity index (χ0n) is 36.0. The van der Waals surface area contributed by atoms with Gasteiger partial charge in [-0.05, 0) is 77.0 Å². The molecule has 5 heteroatoms. The smallest absolute Gasteiger partial charge is 0.306 e. The van der Waals surface area contributed by atoms with Gasteiger partial charge in [-0.2, -0.15) is 0 Å². The molecule has 0 fully saturated rings. The van der Waals surface area contributed by atoms with E-state index in [1.807, 2.05) is 0 Å². The van der Waals surface area contributed by atoms with Crippen LogP contribution in [0.15, 0.2) is 48.6 Å². The molecule has 0 amide bonds. The molecule has 0 rings (SSSR count). The fourth-order valence-corrected chi connectivity index (χ4v) is 6.40. The topological polar surface area (TPSA) is 61.8 Å². The van der Waals surface area contributed by atoms with Crippen LogP contribution in [0.4, 0.5) is 0 Å². The van der Waals surface area contributed by atoms with E-state index in [-0.39, 0.29) is 25.2 Å². The molecule has 0 aromatic heterocycles. The number of unbranched alkanes of at least 4 members (excludes halogenated alkanes) is 23. The van der Waals surface area contributed by atoms with Gasteiger partial charge in [-0.25, -0.2) is 0 Å². The summed E-state index contributed by atoms with van der Waals surface area (Å²) in [5.41, 5.74) is 0. The zero-order chi connectivity index (χ0) is 39.3. The number of allylic oxidation sites excluding steroid dienone is 8. The first-order valence-electron chi connectivity index (χ1n) is 23.2. The molecular weight excluding hydrogens is 669 g/mol. The molecule has 0 aromatic rings. The Hall–Kier alpha value is -2.14. The zero-order valence-corrected chi connectivity index (χ0v) is 36.0. The number of carbonyl (C=O) groups excluding carboxylic acids is 2. The monoisotopic (exact) mass is 757 g/mol. The Morgan fingerprint density at radius 3 is 1.35 bits per heavy atom. The van der Waals surface area contributed by atoms with Crippen molar-refractivity contribution in [3.05, 3.63) is 48.6 Å². The molecule has 5 nitrogen and oxygen atoms in total. The van der Waals surface area contributed by atoms with Crippen LogP contribution in [0, 0.1) is 0 Å². The van der Waals surface area contributed by atoms with Crippen molar-refractivity contribution in [1.29, 1.82) is 0 Å². The van der Waals surface area contributed by atoms with E-state index in [9.17, 15) is 9.59 Å². The molecule has 1 unspecified atom stereocenters. The van der Waals surface area contributed by atoms with Crippen molar-refractivity contribution in [2.45, 2.75) is 232 Å². The summed E-state index contributed by atoms with van der Waals surface area (Å²) in [6, 6.07) is 0. The van der Waals surface area contributed by atoms with Crippen molar-refractivity contribution in [3.8, 4) is 0 Å². The van der Waals surface area contributed by atoms with Gasteiger partial charge in [-0.1, -0.05) is 185 Å². The molecule has 0 aliphatic carbocycles. The van der Waals surface area contributed by atoms with E-state index in [2.05, 4.69) is 69.4 Å². The maximum atomic E-state index is 12.6. The summed E-state index contributed by atoms with van der Waals surface area (Å²) in [5.74, 6) is -0.422. The summed E-state index contributed by atoms with van der Waals surface area (Å²) in [6.45, 7) is 7.66. The Morgan fingerprint density at radius 2 is 0.833 bits per heavy atom. The van der Waals surface area contributed by atoms with Crippen LogP contribution in [-0.2, 0) is 23.8 Å². The molecule has 0 aliphatic heterocycles. The molecule has 0 heterocycles. The van der Waals surface area contributed by atoms with E-state index < -0.39 is 6.10 Å². The van der Waals surface area contributed by atoms with Gasteiger partial charge in [0.05, 0.1) is 6.61 Å². The number of esters is 2. The second-order valence-corrected chi connectivity index (χ2v) is 15.3. The van der Waals surface area contributed by atoms with Gasteiger partial charge in [0.25, 0.3) is 0 Å². The molecule has 0 spiro atoms. The number of ether oxygens (including phenoxy) is 3. The van der Waals surface area contributed by atoms with Crippen LogP contribution in [-0.4, -0.2) is 37.9 Å². The summed E-state index contributed by atoms with van der Waals surface area (Å²) in [4.78, 5) is 25.1. The van der Waals surface area contributed by atoms with Crippen molar-refractivity contribution >= 4 is 11.9 Å². The molecule has 0 aromatic carbocycles. The van der Waals surface area contributed by atoms with Gasteiger partial charge < -0.3 is 14.2 Å². The second kappa shape index (κ2) is 45.3. The summed E-state index contributed by atoms with van der Waals surface area (Å²) < 4.78 is 17.3. The Bertz CT molecular complexity index is 904. The molecular formula is C49H88O5. The lowest BCUT2D eigenvalue weighted by Crippen LogP contribution is -2.30. The Labute approximate surface area is 335 Å². The van der Waals surface area contributed by atoms with Gasteiger partial charge in [0.15, 0.2) is 6.10 Å². The Kier molecular flexibility index (Phi) is 43.5. The average molecular weight is 757 g/mol. The highest BCUT2D eigenvalue weighted by atomic mass is 16.6. The molecule has 0 aliphatic rings. The number of rotatable bonds is 42. The van der Waals surface area contributed by atoms with E-state index in [1.165, 1.54) is 122 Å². The van der Waals surface area contributed by atoms with E-state index in [0.717, 1.165) is 70.6 Å². The molecule has 314 valence electrons. The van der Waals surface area contributed by atoms with Crippen LogP contribution in [0.2, 0.25) is 0 Å². The number of hydrogen-bond acceptors (Lipinski definition) is 5. The van der Waals surface area contributed by atoms with Crippen LogP contribution in [0.3, 0.4) is 0 Å². The van der Waals surface area contributed by atoms with Crippen molar-refractivity contribution in [3.63, 3.8) is 0 Å². The van der Waals surface area contributed by atoms with Crippen molar-refractivity contribution < 1.29 is 23.8 Å². The maximum Gasteiger partial charge on any atom is 0.306 e. The predicted molar refractivity (Wildman–Crippen MR) is 233 cm³/mol. The first-order valence-corrected chi connectivity index (χ1v) is 23.2. The van der Waals surface area contributed by atoms with Crippen LogP contribution >= 0.6 is 0 Å². The first kappa shape index (κ1) is 51.9. The van der Waals surface area contributed by atoms with Gasteiger partial charge in [-0.15, -0.1) is 0 Å². The summed E-state index contributed by atoms with van der Waals surface area (Å²) >= 11 is 0.